The molecule has 0 aliphatic rings. The largest absolute Gasteiger partial charge is 0.478 e. The van der Waals surface area contributed by atoms with E-state index in [2.05, 4.69) is 4.72 Å². The number of carbonyl (C=O) groups is 1. The number of carboxylic acid groups (broad SMARTS) is 1. The fourth-order valence-electron chi connectivity index (χ4n) is 1.82. The van der Waals surface area contributed by atoms with E-state index in [0.29, 0.717) is 25.9 Å². The summed E-state index contributed by atoms with van der Waals surface area (Å²) < 4.78 is 28.3. The Hall–Kier alpha value is -1.31. The van der Waals surface area contributed by atoms with Gasteiger partial charge in [0, 0.05) is 13.1 Å². The molecule has 0 saturated heterocycles. The molecule has 118 valence electrons. The van der Waals surface area contributed by atoms with Crippen LogP contribution >= 0.6 is 11.6 Å². The molecule has 2 N–H and O–H groups in total. The number of halogens is 1. The fraction of sp³-hybridized carbons (Fsp3) is 0.462. The molecule has 0 aromatic heterocycles. The van der Waals surface area contributed by atoms with Crippen LogP contribution in [0.3, 0.4) is 0 Å². The van der Waals surface area contributed by atoms with Gasteiger partial charge in [0.1, 0.15) is 0 Å². The fourth-order valence-corrected chi connectivity index (χ4v) is 3.42. The van der Waals surface area contributed by atoms with Crippen molar-refractivity contribution in [2.75, 3.05) is 17.8 Å². The molecule has 0 radical (unpaired) electrons. The number of rotatable bonds is 8. The highest BCUT2D eigenvalue weighted by Gasteiger charge is 2.21. The van der Waals surface area contributed by atoms with Crippen LogP contribution in [0.15, 0.2) is 18.2 Å². The summed E-state index contributed by atoms with van der Waals surface area (Å²) in [7, 11) is -3.71. The Bertz CT molecular complexity index is 598. The Kier molecular flexibility index (Phi) is 6.44. The molecule has 6 nitrogen and oxygen atoms in total. The third-order valence-corrected chi connectivity index (χ3v) is 4.60. The van der Waals surface area contributed by atoms with E-state index in [1.54, 1.807) is 0 Å². The normalized spacial score (nSPS) is 11.6. The molecule has 0 amide bonds. The second kappa shape index (κ2) is 7.63. The lowest BCUT2D eigenvalue weighted by molar-refractivity contribution is 0.0697. The predicted molar refractivity (Wildman–Crippen MR) is 83.1 cm³/mol. The highest BCUT2D eigenvalue weighted by molar-refractivity contribution is 7.90. The predicted octanol–water partition coefficient (Wildman–Crippen LogP) is 2.82. The molecule has 0 fully saturated rings. The van der Waals surface area contributed by atoms with Crippen molar-refractivity contribution in [3.8, 4) is 0 Å². The second-order valence-electron chi connectivity index (χ2n) is 4.51. The van der Waals surface area contributed by atoms with E-state index in [0.717, 1.165) is 0 Å². The average molecular weight is 335 g/mol. The lowest BCUT2D eigenvalue weighted by Crippen LogP contribution is -2.37. The van der Waals surface area contributed by atoms with Crippen LogP contribution in [-0.4, -0.2) is 36.9 Å². The van der Waals surface area contributed by atoms with Gasteiger partial charge in [-0.1, -0.05) is 25.4 Å². The summed E-state index contributed by atoms with van der Waals surface area (Å²) >= 11 is 5.76. The molecule has 8 heteroatoms. The molecule has 0 aliphatic heterocycles. The van der Waals surface area contributed by atoms with Crippen LogP contribution in [0.2, 0.25) is 5.02 Å². The first-order valence-corrected chi connectivity index (χ1v) is 8.44. The first-order chi connectivity index (χ1) is 9.81. The van der Waals surface area contributed by atoms with Crippen molar-refractivity contribution in [3.05, 3.63) is 28.8 Å². The van der Waals surface area contributed by atoms with E-state index in [4.69, 9.17) is 16.7 Å². The van der Waals surface area contributed by atoms with E-state index < -0.39 is 16.2 Å². The SMILES string of the molecule is CCCN(CCC)S(=O)(=O)Nc1ccc(Cl)c(C(=O)O)c1. The molecule has 1 aromatic carbocycles. The van der Waals surface area contributed by atoms with Gasteiger partial charge in [0.2, 0.25) is 0 Å². The summed E-state index contributed by atoms with van der Waals surface area (Å²) in [6.07, 6.45) is 1.39. The van der Waals surface area contributed by atoms with Gasteiger partial charge < -0.3 is 5.11 Å². The number of hydrogen-bond acceptors (Lipinski definition) is 3. The molecule has 0 saturated carbocycles. The lowest BCUT2D eigenvalue weighted by Gasteiger charge is -2.21. The number of anilines is 1. The summed E-state index contributed by atoms with van der Waals surface area (Å²) in [5.41, 5.74) is 0.0309. The molecule has 0 aliphatic carbocycles. The average Bonchev–Trinajstić information content (AvgIpc) is 2.40. The Morgan fingerprint density at radius 2 is 1.86 bits per heavy atom. The Morgan fingerprint density at radius 3 is 2.33 bits per heavy atom. The number of hydrogen-bond donors (Lipinski definition) is 2. The summed E-state index contributed by atoms with van der Waals surface area (Å²) in [5.74, 6) is -1.21. The van der Waals surface area contributed by atoms with E-state index in [1.165, 1.54) is 22.5 Å². The van der Waals surface area contributed by atoms with Crippen molar-refractivity contribution in [3.63, 3.8) is 0 Å². The zero-order valence-electron chi connectivity index (χ0n) is 12.0. The Balaban J connectivity index is 3.02. The molecular weight excluding hydrogens is 316 g/mol. The summed E-state index contributed by atoms with van der Waals surface area (Å²) in [4.78, 5) is 11.0. The molecule has 0 unspecified atom stereocenters. The molecule has 0 spiro atoms. The Morgan fingerprint density at radius 1 is 1.29 bits per heavy atom. The molecule has 1 aromatic rings. The van der Waals surface area contributed by atoms with E-state index in [9.17, 15) is 13.2 Å². The van der Waals surface area contributed by atoms with Crippen LogP contribution < -0.4 is 4.72 Å². The van der Waals surface area contributed by atoms with E-state index in [-0.39, 0.29) is 16.3 Å². The first kappa shape index (κ1) is 17.7. The number of nitrogens with one attached hydrogen (secondary N) is 1. The third kappa shape index (κ3) is 4.87. The van der Waals surface area contributed by atoms with Gasteiger partial charge in [0.05, 0.1) is 16.3 Å². The monoisotopic (exact) mass is 334 g/mol. The van der Waals surface area contributed by atoms with Gasteiger partial charge in [-0.15, -0.1) is 0 Å². The highest BCUT2D eigenvalue weighted by atomic mass is 35.5. The van der Waals surface area contributed by atoms with Crippen molar-refractivity contribution in [1.82, 2.24) is 4.31 Å². The van der Waals surface area contributed by atoms with Crippen LogP contribution in [0.25, 0.3) is 0 Å². The van der Waals surface area contributed by atoms with Crippen molar-refractivity contribution < 1.29 is 18.3 Å². The highest BCUT2D eigenvalue weighted by Crippen LogP contribution is 2.22. The van der Waals surface area contributed by atoms with Crippen LogP contribution in [0.4, 0.5) is 5.69 Å². The number of nitrogens with zero attached hydrogens (tertiary/aromatic N) is 1. The third-order valence-electron chi connectivity index (χ3n) is 2.73. The van der Waals surface area contributed by atoms with Crippen LogP contribution in [0, 0.1) is 0 Å². The van der Waals surface area contributed by atoms with Crippen molar-refractivity contribution in [1.29, 1.82) is 0 Å². The minimum atomic E-state index is -3.71. The van der Waals surface area contributed by atoms with Gasteiger partial charge >= 0.3 is 16.2 Å². The maximum atomic E-state index is 12.3. The molecular formula is C13H19ClN2O4S. The summed E-state index contributed by atoms with van der Waals surface area (Å²) in [6.45, 7) is 4.59. The molecule has 0 heterocycles. The van der Waals surface area contributed by atoms with E-state index >= 15 is 0 Å². The topological polar surface area (TPSA) is 86.7 Å². The summed E-state index contributed by atoms with van der Waals surface area (Å²) in [5, 5.41) is 9.05. The minimum Gasteiger partial charge on any atom is -0.478 e. The van der Waals surface area contributed by atoms with Gasteiger partial charge in [-0.3, -0.25) is 4.72 Å². The molecule has 21 heavy (non-hydrogen) atoms. The Labute approximate surface area is 129 Å². The van der Waals surface area contributed by atoms with Gasteiger partial charge in [-0.25, -0.2) is 4.79 Å². The van der Waals surface area contributed by atoms with E-state index in [1.807, 2.05) is 13.8 Å². The van der Waals surface area contributed by atoms with Crippen molar-refractivity contribution in [2.45, 2.75) is 26.7 Å². The quantitative estimate of drug-likeness (QED) is 0.765. The zero-order valence-corrected chi connectivity index (χ0v) is 13.5. The lowest BCUT2D eigenvalue weighted by atomic mass is 10.2. The van der Waals surface area contributed by atoms with Crippen LogP contribution in [-0.2, 0) is 10.2 Å². The number of carboxylic acids is 1. The second-order valence-corrected chi connectivity index (χ2v) is 6.58. The van der Waals surface area contributed by atoms with Gasteiger partial charge in [0.25, 0.3) is 0 Å². The standard InChI is InChI=1S/C13H19ClN2O4S/c1-3-7-16(8-4-2)21(19,20)15-10-5-6-12(14)11(9-10)13(17)18/h5-6,9,15H,3-4,7-8H2,1-2H3,(H,17,18). The minimum absolute atomic E-state index is 0.0596. The first-order valence-electron chi connectivity index (χ1n) is 6.62. The van der Waals surface area contributed by atoms with Crippen LogP contribution in [0.1, 0.15) is 37.0 Å². The maximum Gasteiger partial charge on any atom is 0.337 e. The maximum absolute atomic E-state index is 12.3. The molecule has 0 bridgehead atoms. The number of aromatic carboxylic acids is 1. The zero-order chi connectivity index (χ0) is 16.0. The number of benzene rings is 1. The van der Waals surface area contributed by atoms with Crippen molar-refractivity contribution >= 4 is 33.5 Å². The van der Waals surface area contributed by atoms with Crippen LogP contribution in [0.5, 0.6) is 0 Å². The summed E-state index contributed by atoms with van der Waals surface area (Å²) in [6, 6.07) is 3.99. The van der Waals surface area contributed by atoms with Gasteiger partial charge in [-0.2, -0.15) is 12.7 Å². The van der Waals surface area contributed by atoms with Crippen molar-refractivity contribution in [2.24, 2.45) is 0 Å². The molecule has 0 atom stereocenters. The molecule has 1 rings (SSSR count). The smallest absolute Gasteiger partial charge is 0.337 e. The van der Waals surface area contributed by atoms with Gasteiger partial charge in [0.15, 0.2) is 0 Å². The van der Waals surface area contributed by atoms with Gasteiger partial charge in [-0.05, 0) is 31.0 Å².